The zero-order chi connectivity index (χ0) is 16.3. The Morgan fingerprint density at radius 2 is 1.74 bits per heavy atom. The molecule has 0 spiro atoms. The standard InChI is InChI=1S/C17H22N2O3S/c1-13-18-17(12-22-13)14-8-10-16(11-9-14)23(20,21)19-15-6-4-2-3-5-7-15/h8-12,15,19H,2-7H2,1H3. The summed E-state index contributed by atoms with van der Waals surface area (Å²) in [6, 6.07) is 6.83. The zero-order valence-electron chi connectivity index (χ0n) is 13.3. The Morgan fingerprint density at radius 1 is 1.09 bits per heavy atom. The third kappa shape index (κ3) is 4.00. The predicted molar refractivity (Wildman–Crippen MR) is 88.5 cm³/mol. The van der Waals surface area contributed by atoms with Crippen LogP contribution in [0, 0.1) is 6.92 Å². The first kappa shape index (κ1) is 16.2. The second-order valence-corrected chi connectivity index (χ2v) is 7.80. The Kier molecular flexibility index (Phi) is 4.82. The molecule has 1 N–H and O–H groups in total. The van der Waals surface area contributed by atoms with E-state index in [4.69, 9.17) is 4.42 Å². The van der Waals surface area contributed by atoms with Gasteiger partial charge in [0.15, 0.2) is 5.89 Å². The summed E-state index contributed by atoms with van der Waals surface area (Å²) in [5.41, 5.74) is 1.55. The summed E-state index contributed by atoms with van der Waals surface area (Å²) in [5, 5.41) is 0. The average Bonchev–Trinajstić information content (AvgIpc) is 2.81. The first-order valence-corrected chi connectivity index (χ1v) is 9.58. The van der Waals surface area contributed by atoms with E-state index in [1.807, 2.05) is 0 Å². The van der Waals surface area contributed by atoms with Gasteiger partial charge in [-0.15, -0.1) is 0 Å². The zero-order valence-corrected chi connectivity index (χ0v) is 14.1. The fourth-order valence-corrected chi connectivity index (χ4v) is 4.29. The molecule has 0 unspecified atom stereocenters. The number of hydrogen-bond donors (Lipinski definition) is 1. The van der Waals surface area contributed by atoms with Crippen LogP contribution in [0.4, 0.5) is 0 Å². The highest BCUT2D eigenvalue weighted by molar-refractivity contribution is 7.89. The first-order valence-electron chi connectivity index (χ1n) is 8.09. The number of rotatable bonds is 4. The van der Waals surface area contributed by atoms with Crippen molar-refractivity contribution in [3.63, 3.8) is 0 Å². The van der Waals surface area contributed by atoms with E-state index in [1.165, 1.54) is 12.8 Å². The molecule has 0 radical (unpaired) electrons. The minimum Gasteiger partial charge on any atom is -0.449 e. The van der Waals surface area contributed by atoms with Crippen LogP contribution in [0.5, 0.6) is 0 Å². The minimum atomic E-state index is -3.46. The van der Waals surface area contributed by atoms with Crippen molar-refractivity contribution in [3.8, 4) is 11.3 Å². The van der Waals surface area contributed by atoms with Crippen LogP contribution in [0.1, 0.15) is 44.4 Å². The van der Waals surface area contributed by atoms with Crippen molar-refractivity contribution in [1.29, 1.82) is 0 Å². The van der Waals surface area contributed by atoms with Gasteiger partial charge in [-0.05, 0) is 25.0 Å². The lowest BCUT2D eigenvalue weighted by molar-refractivity contribution is 0.510. The molecule has 3 rings (SSSR count). The topological polar surface area (TPSA) is 72.2 Å². The van der Waals surface area contributed by atoms with Gasteiger partial charge in [0.05, 0.1) is 4.90 Å². The van der Waals surface area contributed by atoms with Crippen molar-refractivity contribution in [2.24, 2.45) is 0 Å². The number of nitrogens with zero attached hydrogens (tertiary/aromatic N) is 1. The molecular formula is C17H22N2O3S. The maximum absolute atomic E-state index is 12.5. The van der Waals surface area contributed by atoms with E-state index in [1.54, 1.807) is 37.5 Å². The fraction of sp³-hybridized carbons (Fsp3) is 0.471. The van der Waals surface area contributed by atoms with Crippen LogP contribution in [-0.2, 0) is 10.0 Å². The molecule has 2 aromatic rings. The van der Waals surface area contributed by atoms with E-state index in [-0.39, 0.29) is 6.04 Å². The Hall–Kier alpha value is -1.66. The molecule has 6 heteroatoms. The maximum atomic E-state index is 12.5. The van der Waals surface area contributed by atoms with Crippen molar-refractivity contribution in [3.05, 3.63) is 36.4 Å². The fourth-order valence-electron chi connectivity index (χ4n) is 2.99. The number of nitrogens with one attached hydrogen (secondary N) is 1. The van der Waals surface area contributed by atoms with Gasteiger partial charge in [-0.25, -0.2) is 18.1 Å². The van der Waals surface area contributed by atoms with E-state index < -0.39 is 10.0 Å². The molecule has 0 amide bonds. The Morgan fingerprint density at radius 3 is 2.30 bits per heavy atom. The molecule has 1 saturated carbocycles. The van der Waals surface area contributed by atoms with E-state index in [2.05, 4.69) is 9.71 Å². The lowest BCUT2D eigenvalue weighted by Crippen LogP contribution is -2.34. The van der Waals surface area contributed by atoms with Crippen molar-refractivity contribution < 1.29 is 12.8 Å². The Bertz CT molecular complexity index is 742. The van der Waals surface area contributed by atoms with E-state index in [9.17, 15) is 8.42 Å². The van der Waals surface area contributed by atoms with Crippen LogP contribution in [0.3, 0.4) is 0 Å². The van der Waals surface area contributed by atoms with E-state index in [0.29, 0.717) is 16.5 Å². The van der Waals surface area contributed by atoms with Crippen LogP contribution in [-0.4, -0.2) is 19.4 Å². The molecule has 1 aliphatic rings. The van der Waals surface area contributed by atoms with Crippen molar-refractivity contribution in [1.82, 2.24) is 9.71 Å². The highest BCUT2D eigenvalue weighted by atomic mass is 32.2. The van der Waals surface area contributed by atoms with Gasteiger partial charge in [-0.3, -0.25) is 0 Å². The summed E-state index contributed by atoms with van der Waals surface area (Å²) in [6.45, 7) is 1.78. The van der Waals surface area contributed by atoms with Gasteiger partial charge >= 0.3 is 0 Å². The number of benzene rings is 1. The van der Waals surface area contributed by atoms with E-state index >= 15 is 0 Å². The molecule has 1 aromatic heterocycles. The third-order valence-corrected chi connectivity index (χ3v) is 5.79. The number of oxazole rings is 1. The molecular weight excluding hydrogens is 312 g/mol. The highest BCUT2D eigenvalue weighted by Crippen LogP contribution is 2.22. The SMILES string of the molecule is Cc1nc(-c2ccc(S(=O)(=O)NC3CCCCCC3)cc2)co1. The molecule has 1 fully saturated rings. The average molecular weight is 334 g/mol. The molecule has 1 heterocycles. The smallest absolute Gasteiger partial charge is 0.240 e. The van der Waals surface area contributed by atoms with Crippen LogP contribution in [0.25, 0.3) is 11.3 Å². The van der Waals surface area contributed by atoms with Gasteiger partial charge in [0.25, 0.3) is 0 Å². The molecule has 124 valence electrons. The second-order valence-electron chi connectivity index (χ2n) is 6.09. The molecule has 1 aliphatic carbocycles. The number of aryl methyl sites for hydroxylation is 1. The summed E-state index contributed by atoms with van der Waals surface area (Å²) in [4.78, 5) is 4.54. The van der Waals surface area contributed by atoms with Gasteiger partial charge in [-0.1, -0.05) is 37.8 Å². The van der Waals surface area contributed by atoms with Crippen molar-refractivity contribution in [2.45, 2.75) is 56.4 Å². The van der Waals surface area contributed by atoms with E-state index in [0.717, 1.165) is 31.2 Å². The second kappa shape index (κ2) is 6.84. The van der Waals surface area contributed by atoms with Gasteiger partial charge in [0.1, 0.15) is 12.0 Å². The first-order chi connectivity index (χ1) is 11.0. The quantitative estimate of drug-likeness (QED) is 0.866. The molecule has 23 heavy (non-hydrogen) atoms. The highest BCUT2D eigenvalue weighted by Gasteiger charge is 2.21. The molecule has 5 nitrogen and oxygen atoms in total. The van der Waals surface area contributed by atoms with Gasteiger partial charge < -0.3 is 4.42 Å². The Balaban J connectivity index is 1.74. The molecule has 0 aliphatic heterocycles. The third-order valence-electron chi connectivity index (χ3n) is 4.26. The molecule has 0 bridgehead atoms. The lowest BCUT2D eigenvalue weighted by Gasteiger charge is -2.16. The van der Waals surface area contributed by atoms with Gasteiger partial charge in [0, 0.05) is 18.5 Å². The lowest BCUT2D eigenvalue weighted by atomic mass is 10.1. The number of hydrogen-bond acceptors (Lipinski definition) is 4. The van der Waals surface area contributed by atoms with Crippen LogP contribution in [0.15, 0.2) is 39.8 Å². The van der Waals surface area contributed by atoms with Gasteiger partial charge in [0.2, 0.25) is 10.0 Å². The summed E-state index contributed by atoms with van der Waals surface area (Å²) in [6.07, 6.45) is 8.01. The molecule has 0 atom stereocenters. The Labute approximate surface area is 137 Å². The minimum absolute atomic E-state index is 0.0559. The van der Waals surface area contributed by atoms with Crippen molar-refractivity contribution >= 4 is 10.0 Å². The maximum Gasteiger partial charge on any atom is 0.240 e. The summed E-state index contributed by atoms with van der Waals surface area (Å²) in [7, 11) is -3.46. The summed E-state index contributed by atoms with van der Waals surface area (Å²) in [5.74, 6) is 0.590. The summed E-state index contributed by atoms with van der Waals surface area (Å²) < 4.78 is 33.1. The number of aromatic nitrogens is 1. The van der Waals surface area contributed by atoms with Crippen LogP contribution < -0.4 is 4.72 Å². The number of sulfonamides is 1. The molecule has 0 saturated heterocycles. The monoisotopic (exact) mass is 334 g/mol. The normalized spacial score (nSPS) is 17.1. The largest absolute Gasteiger partial charge is 0.449 e. The summed E-state index contributed by atoms with van der Waals surface area (Å²) >= 11 is 0. The van der Waals surface area contributed by atoms with Crippen molar-refractivity contribution in [2.75, 3.05) is 0 Å². The van der Waals surface area contributed by atoms with Crippen LogP contribution >= 0.6 is 0 Å². The van der Waals surface area contributed by atoms with Crippen LogP contribution in [0.2, 0.25) is 0 Å². The molecule has 1 aromatic carbocycles. The predicted octanol–water partition coefficient (Wildman–Crippen LogP) is 3.65. The van der Waals surface area contributed by atoms with Gasteiger partial charge in [-0.2, -0.15) is 0 Å².